The van der Waals surface area contributed by atoms with Crippen LogP contribution in [0, 0.1) is 18.3 Å². The summed E-state index contributed by atoms with van der Waals surface area (Å²) < 4.78 is 11.5. The fraction of sp³-hybridized carbons (Fsp3) is 0.318. The van der Waals surface area contributed by atoms with Gasteiger partial charge in [-0.1, -0.05) is 0 Å². The lowest BCUT2D eigenvalue weighted by molar-refractivity contribution is 0.0529. The van der Waals surface area contributed by atoms with E-state index >= 15 is 0 Å². The predicted octanol–water partition coefficient (Wildman–Crippen LogP) is 2.53. The Labute approximate surface area is 197 Å². The van der Waals surface area contributed by atoms with Crippen LogP contribution >= 0.6 is 0 Å². The van der Waals surface area contributed by atoms with E-state index in [1.165, 1.54) is 6.20 Å². The van der Waals surface area contributed by atoms with E-state index in [-0.39, 0.29) is 6.10 Å². The zero-order chi connectivity index (χ0) is 24.1. The van der Waals surface area contributed by atoms with Crippen LogP contribution in [-0.4, -0.2) is 53.0 Å². The van der Waals surface area contributed by atoms with Crippen molar-refractivity contribution in [2.75, 3.05) is 47.7 Å². The van der Waals surface area contributed by atoms with E-state index < -0.39 is 0 Å². The molecule has 1 fully saturated rings. The second-order valence-electron chi connectivity index (χ2n) is 7.70. The molecule has 3 aromatic heterocycles. The van der Waals surface area contributed by atoms with E-state index in [0.29, 0.717) is 46.9 Å². The van der Waals surface area contributed by atoms with Crippen LogP contribution < -0.4 is 31.5 Å². The lowest BCUT2D eigenvalue weighted by Gasteiger charge is -2.31. The second kappa shape index (κ2) is 10.2. The number of morpholine rings is 1. The van der Waals surface area contributed by atoms with Crippen molar-refractivity contribution >= 4 is 28.8 Å². The van der Waals surface area contributed by atoms with Gasteiger partial charge in [-0.05, 0) is 37.6 Å². The monoisotopic (exact) mass is 462 g/mol. The van der Waals surface area contributed by atoms with Crippen molar-refractivity contribution in [2.24, 2.45) is 5.84 Å². The van der Waals surface area contributed by atoms with Crippen LogP contribution in [-0.2, 0) is 4.74 Å². The van der Waals surface area contributed by atoms with Gasteiger partial charge in [0.05, 0.1) is 24.6 Å². The fourth-order valence-electron chi connectivity index (χ4n) is 3.55. The minimum atomic E-state index is 0.150. The number of pyridine rings is 2. The number of nitrogen functional groups attached to an aromatic ring is 1. The van der Waals surface area contributed by atoms with Crippen LogP contribution in [0.2, 0.25) is 0 Å². The summed E-state index contributed by atoms with van der Waals surface area (Å²) >= 11 is 0. The van der Waals surface area contributed by atoms with E-state index in [4.69, 9.17) is 20.6 Å². The van der Waals surface area contributed by atoms with Crippen molar-refractivity contribution in [3.05, 3.63) is 41.7 Å². The van der Waals surface area contributed by atoms with Crippen LogP contribution in [0.15, 0.2) is 30.5 Å². The molecule has 1 aliphatic rings. The molecule has 0 spiro atoms. The van der Waals surface area contributed by atoms with Gasteiger partial charge < -0.3 is 30.4 Å². The molecule has 0 bridgehead atoms. The first kappa shape index (κ1) is 23.0. The van der Waals surface area contributed by atoms with Gasteiger partial charge in [-0.2, -0.15) is 10.2 Å². The molecule has 34 heavy (non-hydrogen) atoms. The van der Waals surface area contributed by atoms with Crippen LogP contribution in [0.3, 0.4) is 0 Å². The molecule has 0 aliphatic carbocycles. The standard InChI is InChI=1S/C22H26N10O2/c1-13-8-15(10-23)26-11-17(13)34-20-9-16(21(29-24)22(25-3)28-20)27-18-4-5-19(31-30-18)32-6-7-33-14(2)12-32/h4-5,8-9,11,14,29H,6-7,12,24H2,1-3H3,(H2,25,27,28,30). The fourth-order valence-corrected chi connectivity index (χ4v) is 3.55. The third-order valence-electron chi connectivity index (χ3n) is 5.25. The van der Waals surface area contributed by atoms with E-state index in [9.17, 15) is 0 Å². The van der Waals surface area contributed by atoms with Crippen molar-refractivity contribution in [1.82, 2.24) is 20.2 Å². The van der Waals surface area contributed by atoms with Gasteiger partial charge >= 0.3 is 0 Å². The molecule has 0 aromatic carbocycles. The molecule has 3 aromatic rings. The second-order valence-corrected chi connectivity index (χ2v) is 7.70. The maximum atomic E-state index is 9.03. The average molecular weight is 463 g/mol. The van der Waals surface area contributed by atoms with Crippen molar-refractivity contribution in [3.8, 4) is 17.7 Å². The highest BCUT2D eigenvalue weighted by Gasteiger charge is 2.19. The lowest BCUT2D eigenvalue weighted by Crippen LogP contribution is -2.41. The summed E-state index contributed by atoms with van der Waals surface area (Å²) in [5.41, 5.74) is 4.84. The predicted molar refractivity (Wildman–Crippen MR) is 128 cm³/mol. The summed E-state index contributed by atoms with van der Waals surface area (Å²) in [7, 11) is 1.73. The zero-order valence-electron chi connectivity index (χ0n) is 19.2. The molecule has 0 saturated carbocycles. The quantitative estimate of drug-likeness (QED) is 0.301. The molecule has 1 atom stereocenters. The van der Waals surface area contributed by atoms with Crippen LogP contribution in [0.1, 0.15) is 18.2 Å². The summed E-state index contributed by atoms with van der Waals surface area (Å²) in [5, 5.41) is 23.9. The Morgan fingerprint density at radius 1 is 1.29 bits per heavy atom. The molecule has 176 valence electrons. The molecule has 1 aliphatic heterocycles. The molecule has 5 N–H and O–H groups in total. The van der Waals surface area contributed by atoms with Crippen molar-refractivity contribution in [1.29, 1.82) is 5.26 Å². The molecule has 12 nitrogen and oxygen atoms in total. The van der Waals surface area contributed by atoms with Gasteiger partial charge in [0.1, 0.15) is 17.5 Å². The smallest absolute Gasteiger partial charge is 0.223 e. The topological polar surface area (TPSA) is 159 Å². The van der Waals surface area contributed by atoms with Crippen LogP contribution in [0.5, 0.6) is 11.6 Å². The first-order valence-electron chi connectivity index (χ1n) is 10.7. The van der Waals surface area contributed by atoms with Gasteiger partial charge in [-0.25, -0.2) is 4.98 Å². The Balaban J connectivity index is 1.59. The molecule has 12 heteroatoms. The number of aryl methyl sites for hydroxylation is 1. The van der Waals surface area contributed by atoms with Gasteiger partial charge in [0.15, 0.2) is 23.2 Å². The Kier molecular flexibility index (Phi) is 6.86. The van der Waals surface area contributed by atoms with Crippen molar-refractivity contribution in [2.45, 2.75) is 20.0 Å². The molecule has 1 unspecified atom stereocenters. The Morgan fingerprint density at radius 2 is 2.15 bits per heavy atom. The molecular weight excluding hydrogens is 436 g/mol. The van der Waals surface area contributed by atoms with E-state index in [0.717, 1.165) is 24.5 Å². The van der Waals surface area contributed by atoms with Crippen LogP contribution in [0.25, 0.3) is 0 Å². The number of hydrogen-bond acceptors (Lipinski definition) is 12. The van der Waals surface area contributed by atoms with Crippen molar-refractivity contribution < 1.29 is 9.47 Å². The number of nitrogens with one attached hydrogen (secondary N) is 3. The first-order valence-corrected chi connectivity index (χ1v) is 10.7. The molecular formula is C22H26N10O2. The van der Waals surface area contributed by atoms with Gasteiger partial charge in [-0.15, -0.1) is 10.2 Å². The Morgan fingerprint density at radius 3 is 2.79 bits per heavy atom. The highest BCUT2D eigenvalue weighted by Crippen LogP contribution is 2.35. The Bertz CT molecular complexity index is 1200. The van der Waals surface area contributed by atoms with Crippen molar-refractivity contribution in [3.63, 3.8) is 0 Å². The minimum Gasteiger partial charge on any atom is -0.437 e. The zero-order valence-corrected chi connectivity index (χ0v) is 19.2. The first-order chi connectivity index (χ1) is 16.5. The number of nitriles is 1. The summed E-state index contributed by atoms with van der Waals surface area (Å²) in [6.45, 7) is 6.07. The number of anilines is 5. The number of nitrogens with two attached hydrogens (primary N) is 1. The van der Waals surface area contributed by atoms with Gasteiger partial charge in [0.25, 0.3) is 0 Å². The highest BCUT2D eigenvalue weighted by atomic mass is 16.5. The number of hydrazine groups is 1. The van der Waals surface area contributed by atoms with E-state index in [2.05, 4.69) is 41.1 Å². The van der Waals surface area contributed by atoms with Crippen LogP contribution in [0.4, 0.5) is 28.8 Å². The molecule has 0 radical (unpaired) electrons. The van der Waals surface area contributed by atoms with Gasteiger partial charge in [0.2, 0.25) is 5.88 Å². The molecule has 1 saturated heterocycles. The summed E-state index contributed by atoms with van der Waals surface area (Å²) in [5.74, 6) is 8.33. The minimum absolute atomic E-state index is 0.150. The van der Waals surface area contributed by atoms with E-state index in [1.54, 1.807) is 19.2 Å². The summed E-state index contributed by atoms with van der Waals surface area (Å²) in [6, 6.07) is 9.10. The normalized spacial score (nSPS) is 15.4. The third-order valence-corrected chi connectivity index (χ3v) is 5.25. The Hall–Kier alpha value is -4.21. The maximum absolute atomic E-state index is 9.03. The lowest BCUT2D eigenvalue weighted by atomic mass is 10.2. The third kappa shape index (κ3) is 5.06. The summed E-state index contributed by atoms with van der Waals surface area (Å²) in [6.07, 6.45) is 1.64. The number of aromatic nitrogens is 4. The molecule has 4 rings (SSSR count). The SMILES string of the molecule is CNc1nc(Oc2cnc(C#N)cc2C)cc(Nc2ccc(N3CCOC(C)C3)nn2)c1NN. The number of hydrogen-bond donors (Lipinski definition) is 4. The van der Waals surface area contributed by atoms with Gasteiger partial charge in [-0.3, -0.25) is 5.84 Å². The number of ether oxygens (including phenoxy) is 2. The number of nitrogens with zero attached hydrogens (tertiary/aromatic N) is 6. The van der Waals surface area contributed by atoms with E-state index in [1.807, 2.05) is 32.0 Å². The summed E-state index contributed by atoms with van der Waals surface area (Å²) in [4.78, 5) is 10.7. The number of rotatable bonds is 7. The molecule has 0 amide bonds. The average Bonchev–Trinajstić information content (AvgIpc) is 2.85. The highest BCUT2D eigenvalue weighted by molar-refractivity contribution is 5.83. The van der Waals surface area contributed by atoms with Gasteiger partial charge in [0, 0.05) is 26.2 Å². The molecule has 4 heterocycles. The largest absolute Gasteiger partial charge is 0.437 e. The maximum Gasteiger partial charge on any atom is 0.223 e.